The Morgan fingerprint density at radius 1 is 1.11 bits per heavy atom. The van der Waals surface area contributed by atoms with Crippen LogP contribution >= 0.6 is 0 Å². The van der Waals surface area contributed by atoms with Crippen LogP contribution in [0.15, 0.2) is 42.5 Å². The summed E-state index contributed by atoms with van der Waals surface area (Å²) in [4.78, 5) is 40.1. The van der Waals surface area contributed by atoms with Gasteiger partial charge in [0.05, 0.1) is 23.7 Å². The van der Waals surface area contributed by atoms with Gasteiger partial charge in [0.2, 0.25) is 0 Å². The first kappa shape index (κ1) is 24.5. The summed E-state index contributed by atoms with van der Waals surface area (Å²) < 4.78 is 10.5. The summed E-state index contributed by atoms with van der Waals surface area (Å²) in [5.74, 6) is -0.836. The minimum Gasteiger partial charge on any atom is -0.452 e. The monoisotopic (exact) mass is 482 g/mol. The van der Waals surface area contributed by atoms with Gasteiger partial charge in [0.15, 0.2) is 6.61 Å². The largest absolute Gasteiger partial charge is 0.452 e. The van der Waals surface area contributed by atoms with Crippen molar-refractivity contribution in [2.45, 2.75) is 19.8 Å². The van der Waals surface area contributed by atoms with E-state index in [0.717, 1.165) is 44.7 Å². The van der Waals surface area contributed by atoms with Crippen LogP contribution in [0.25, 0.3) is 0 Å². The summed E-state index contributed by atoms with van der Waals surface area (Å²) in [6.45, 7) is 6.10. The van der Waals surface area contributed by atoms with E-state index in [1.165, 1.54) is 12.1 Å². The molecule has 1 amide bonds. The second-order valence-corrected chi connectivity index (χ2v) is 8.92. The Morgan fingerprint density at radius 3 is 2.54 bits per heavy atom. The van der Waals surface area contributed by atoms with E-state index in [1.54, 1.807) is 18.2 Å². The van der Waals surface area contributed by atoms with Crippen LogP contribution in [0, 0.1) is 16.0 Å². The smallest absolute Gasteiger partial charge is 0.338 e. The van der Waals surface area contributed by atoms with Gasteiger partial charge in [-0.25, -0.2) is 4.79 Å². The molecule has 2 aliphatic heterocycles. The van der Waals surface area contributed by atoms with Crippen molar-refractivity contribution in [3.05, 3.63) is 58.1 Å². The van der Waals surface area contributed by atoms with Gasteiger partial charge in [-0.3, -0.25) is 14.9 Å². The molecule has 10 heteroatoms. The number of carbonyl (C=O) groups is 2. The maximum absolute atomic E-state index is 12.5. The highest BCUT2D eigenvalue weighted by molar-refractivity contribution is 5.96. The van der Waals surface area contributed by atoms with Gasteiger partial charge in [-0.05, 0) is 55.2 Å². The molecule has 35 heavy (non-hydrogen) atoms. The SMILES string of the molecule is C[C@@H]1CCCN(c2ccc(C(=O)OCC(=O)Nc3ccc(N4CCOCC4)cc3)cc2[N+](=O)[O-])C1. The lowest BCUT2D eigenvalue weighted by molar-refractivity contribution is -0.384. The molecule has 186 valence electrons. The molecule has 1 atom stereocenters. The highest BCUT2D eigenvalue weighted by Crippen LogP contribution is 2.32. The number of ether oxygens (including phenoxy) is 2. The molecule has 0 unspecified atom stereocenters. The average molecular weight is 483 g/mol. The third-order valence-electron chi connectivity index (χ3n) is 6.27. The Bertz CT molecular complexity index is 1070. The van der Waals surface area contributed by atoms with Crippen molar-refractivity contribution in [1.82, 2.24) is 0 Å². The topological polar surface area (TPSA) is 114 Å². The number of nitrogens with zero attached hydrogens (tertiary/aromatic N) is 3. The molecule has 1 N–H and O–H groups in total. The first-order chi connectivity index (χ1) is 16.9. The van der Waals surface area contributed by atoms with Crippen molar-refractivity contribution in [3.8, 4) is 0 Å². The number of morpholine rings is 1. The second kappa shape index (κ2) is 11.2. The van der Waals surface area contributed by atoms with Crippen LogP contribution in [0.3, 0.4) is 0 Å². The van der Waals surface area contributed by atoms with E-state index >= 15 is 0 Å². The molecule has 4 rings (SSSR count). The number of rotatable bonds is 7. The molecule has 0 bridgehead atoms. The lowest BCUT2D eigenvalue weighted by atomic mass is 9.99. The third-order valence-corrected chi connectivity index (χ3v) is 6.27. The first-order valence-corrected chi connectivity index (χ1v) is 11.8. The van der Waals surface area contributed by atoms with Crippen LogP contribution in [0.2, 0.25) is 0 Å². The van der Waals surface area contributed by atoms with E-state index in [4.69, 9.17) is 9.47 Å². The van der Waals surface area contributed by atoms with Crippen molar-refractivity contribution in [2.24, 2.45) is 5.92 Å². The number of anilines is 3. The van der Waals surface area contributed by atoms with Gasteiger partial charge in [0, 0.05) is 43.6 Å². The number of amides is 1. The van der Waals surface area contributed by atoms with Crippen LogP contribution < -0.4 is 15.1 Å². The van der Waals surface area contributed by atoms with Crippen molar-refractivity contribution in [2.75, 3.05) is 61.1 Å². The number of piperidine rings is 1. The van der Waals surface area contributed by atoms with Gasteiger partial charge < -0.3 is 24.6 Å². The number of hydrogen-bond acceptors (Lipinski definition) is 8. The Kier molecular flexibility index (Phi) is 7.81. The molecule has 0 saturated carbocycles. The Hall–Kier alpha value is -3.66. The number of nitrogens with one attached hydrogen (secondary N) is 1. The number of benzene rings is 2. The molecule has 10 nitrogen and oxygen atoms in total. The maximum Gasteiger partial charge on any atom is 0.338 e. The van der Waals surface area contributed by atoms with Gasteiger partial charge in [-0.2, -0.15) is 0 Å². The summed E-state index contributed by atoms with van der Waals surface area (Å²) >= 11 is 0. The van der Waals surface area contributed by atoms with Crippen molar-refractivity contribution in [1.29, 1.82) is 0 Å². The van der Waals surface area contributed by atoms with Crippen LogP contribution in [0.4, 0.5) is 22.7 Å². The fourth-order valence-electron chi connectivity index (χ4n) is 4.46. The maximum atomic E-state index is 12.5. The van der Waals surface area contributed by atoms with Crippen molar-refractivity contribution >= 4 is 34.6 Å². The van der Waals surface area contributed by atoms with Gasteiger partial charge in [-0.15, -0.1) is 0 Å². The number of esters is 1. The molecule has 2 saturated heterocycles. The zero-order valence-corrected chi connectivity index (χ0v) is 19.8. The molecule has 2 aliphatic rings. The molecule has 2 heterocycles. The summed E-state index contributed by atoms with van der Waals surface area (Å²) in [5.41, 5.74) is 2.02. The van der Waals surface area contributed by atoms with E-state index in [9.17, 15) is 19.7 Å². The standard InChI is InChI=1S/C25H30N4O6/c1-18-3-2-10-28(16-18)22-9-4-19(15-23(22)29(32)33)25(31)35-17-24(30)26-20-5-7-21(8-6-20)27-11-13-34-14-12-27/h4-9,15,18H,2-3,10-14,16-17H2,1H3,(H,26,30)/t18-/m1/s1. The highest BCUT2D eigenvalue weighted by atomic mass is 16.6. The van der Waals surface area contributed by atoms with Crippen LogP contribution in [-0.4, -0.2) is 62.8 Å². The zero-order chi connectivity index (χ0) is 24.8. The van der Waals surface area contributed by atoms with Crippen LogP contribution in [0.5, 0.6) is 0 Å². The molecule has 2 aromatic carbocycles. The molecule has 0 spiro atoms. The minimum atomic E-state index is -0.788. The van der Waals surface area contributed by atoms with Gasteiger partial charge in [0.1, 0.15) is 5.69 Å². The van der Waals surface area contributed by atoms with E-state index in [1.807, 2.05) is 17.0 Å². The number of hydrogen-bond donors (Lipinski definition) is 1. The molecular weight excluding hydrogens is 452 g/mol. The Balaban J connectivity index is 1.33. The van der Waals surface area contributed by atoms with Gasteiger partial charge in [-0.1, -0.05) is 6.92 Å². The van der Waals surface area contributed by atoms with Gasteiger partial charge >= 0.3 is 5.97 Å². The average Bonchev–Trinajstić information content (AvgIpc) is 2.88. The molecule has 2 aromatic rings. The predicted molar refractivity (Wildman–Crippen MR) is 132 cm³/mol. The molecule has 0 aliphatic carbocycles. The highest BCUT2D eigenvalue weighted by Gasteiger charge is 2.25. The lowest BCUT2D eigenvalue weighted by Gasteiger charge is -2.32. The number of nitro groups is 1. The van der Waals surface area contributed by atoms with Crippen molar-refractivity contribution in [3.63, 3.8) is 0 Å². The van der Waals surface area contributed by atoms with Gasteiger partial charge in [0.25, 0.3) is 11.6 Å². The summed E-state index contributed by atoms with van der Waals surface area (Å²) in [7, 11) is 0. The zero-order valence-electron chi connectivity index (χ0n) is 19.8. The van der Waals surface area contributed by atoms with E-state index in [0.29, 0.717) is 30.5 Å². The fourth-order valence-corrected chi connectivity index (χ4v) is 4.46. The van der Waals surface area contributed by atoms with Crippen LogP contribution in [-0.2, 0) is 14.3 Å². The normalized spacial score (nSPS) is 18.1. The van der Waals surface area contributed by atoms with Crippen molar-refractivity contribution < 1.29 is 24.0 Å². The molecule has 2 fully saturated rings. The molecular formula is C25H30N4O6. The summed E-state index contributed by atoms with van der Waals surface area (Å²) in [5, 5.41) is 14.4. The number of carbonyl (C=O) groups excluding carboxylic acids is 2. The Labute approximate surface area is 203 Å². The minimum absolute atomic E-state index is 0.0353. The molecule has 0 aromatic heterocycles. The lowest BCUT2D eigenvalue weighted by Crippen LogP contribution is -2.36. The number of nitro benzene ring substituents is 1. The predicted octanol–water partition coefficient (Wildman–Crippen LogP) is 3.46. The third kappa shape index (κ3) is 6.27. The summed E-state index contributed by atoms with van der Waals surface area (Å²) in [6.07, 6.45) is 2.06. The Morgan fingerprint density at radius 2 is 1.86 bits per heavy atom. The summed E-state index contributed by atoms with van der Waals surface area (Å²) in [6, 6.07) is 11.7. The molecule has 0 radical (unpaired) electrons. The fraction of sp³-hybridized carbons (Fsp3) is 0.440. The van der Waals surface area contributed by atoms with E-state index in [-0.39, 0.29) is 11.3 Å². The van der Waals surface area contributed by atoms with Crippen LogP contribution in [0.1, 0.15) is 30.1 Å². The quantitative estimate of drug-likeness (QED) is 0.363. The van der Waals surface area contributed by atoms with E-state index < -0.39 is 23.4 Å². The second-order valence-electron chi connectivity index (χ2n) is 8.92. The first-order valence-electron chi connectivity index (χ1n) is 11.8. The van der Waals surface area contributed by atoms with E-state index in [2.05, 4.69) is 17.1 Å².